The molecule has 1 saturated heterocycles. The lowest BCUT2D eigenvalue weighted by Crippen LogP contribution is -2.47. The normalized spacial score (nSPS) is 19.4. The lowest BCUT2D eigenvalue weighted by Gasteiger charge is -2.34. The molecular formula is C20H32N2O2. The molecule has 1 fully saturated rings. The number of hydrogen-bond donors (Lipinski definition) is 1. The van der Waals surface area contributed by atoms with Crippen molar-refractivity contribution in [3.8, 4) is 5.75 Å². The van der Waals surface area contributed by atoms with E-state index in [0.717, 1.165) is 37.4 Å². The molecule has 1 aliphatic heterocycles. The third-order valence-corrected chi connectivity index (χ3v) is 4.85. The number of amides is 1. The van der Waals surface area contributed by atoms with Crippen molar-refractivity contribution in [2.45, 2.75) is 52.6 Å². The first-order valence-corrected chi connectivity index (χ1v) is 9.13. The molecule has 24 heavy (non-hydrogen) atoms. The molecule has 2 unspecified atom stereocenters. The SMILES string of the molecule is CNCC1CCCN(C(=O)C(C)Oc2cc(C(C)C)ccc2C)C1. The highest BCUT2D eigenvalue weighted by Gasteiger charge is 2.27. The third kappa shape index (κ3) is 4.73. The van der Waals surface area contributed by atoms with E-state index in [4.69, 9.17) is 4.74 Å². The fraction of sp³-hybridized carbons (Fsp3) is 0.650. The molecular weight excluding hydrogens is 300 g/mol. The highest BCUT2D eigenvalue weighted by atomic mass is 16.5. The Balaban J connectivity index is 2.02. The second-order valence-corrected chi connectivity index (χ2v) is 7.29. The van der Waals surface area contributed by atoms with Crippen molar-refractivity contribution < 1.29 is 9.53 Å². The molecule has 1 aromatic rings. The number of piperidine rings is 1. The van der Waals surface area contributed by atoms with Crippen molar-refractivity contribution in [3.63, 3.8) is 0 Å². The minimum Gasteiger partial charge on any atom is -0.481 e. The molecule has 4 heteroatoms. The molecule has 1 aliphatic rings. The van der Waals surface area contributed by atoms with Gasteiger partial charge in [-0.2, -0.15) is 0 Å². The van der Waals surface area contributed by atoms with Crippen LogP contribution in [0.25, 0.3) is 0 Å². The molecule has 4 nitrogen and oxygen atoms in total. The van der Waals surface area contributed by atoms with E-state index in [0.29, 0.717) is 11.8 Å². The van der Waals surface area contributed by atoms with E-state index in [1.165, 1.54) is 12.0 Å². The van der Waals surface area contributed by atoms with Gasteiger partial charge in [0, 0.05) is 13.1 Å². The molecule has 0 spiro atoms. The minimum absolute atomic E-state index is 0.102. The fourth-order valence-electron chi connectivity index (χ4n) is 3.32. The van der Waals surface area contributed by atoms with Gasteiger partial charge in [0.15, 0.2) is 6.10 Å². The summed E-state index contributed by atoms with van der Waals surface area (Å²) in [5, 5.41) is 3.22. The lowest BCUT2D eigenvalue weighted by molar-refractivity contribution is -0.139. The summed E-state index contributed by atoms with van der Waals surface area (Å²) in [4.78, 5) is 14.7. The predicted octanol–water partition coefficient (Wildman–Crippen LogP) is 3.34. The Morgan fingerprint density at radius 3 is 2.79 bits per heavy atom. The number of nitrogens with zero attached hydrogens (tertiary/aromatic N) is 1. The Morgan fingerprint density at radius 2 is 2.12 bits per heavy atom. The van der Waals surface area contributed by atoms with Crippen LogP contribution in [0.2, 0.25) is 0 Å². The average molecular weight is 332 g/mol. The van der Waals surface area contributed by atoms with E-state index >= 15 is 0 Å². The van der Waals surface area contributed by atoms with Crippen molar-refractivity contribution in [3.05, 3.63) is 29.3 Å². The van der Waals surface area contributed by atoms with Crippen LogP contribution in [0.15, 0.2) is 18.2 Å². The van der Waals surface area contributed by atoms with E-state index in [9.17, 15) is 4.79 Å². The Bertz CT molecular complexity index is 555. The molecule has 0 aromatic heterocycles. The van der Waals surface area contributed by atoms with Gasteiger partial charge in [-0.1, -0.05) is 26.0 Å². The van der Waals surface area contributed by atoms with E-state index in [1.54, 1.807) is 0 Å². The van der Waals surface area contributed by atoms with Gasteiger partial charge in [0.25, 0.3) is 5.91 Å². The van der Waals surface area contributed by atoms with Crippen molar-refractivity contribution in [2.75, 3.05) is 26.7 Å². The molecule has 1 N–H and O–H groups in total. The molecule has 2 rings (SSSR count). The van der Waals surface area contributed by atoms with Crippen LogP contribution in [0, 0.1) is 12.8 Å². The zero-order valence-corrected chi connectivity index (χ0v) is 15.8. The number of hydrogen-bond acceptors (Lipinski definition) is 3. The number of rotatable bonds is 6. The second kappa shape index (κ2) is 8.52. The van der Waals surface area contributed by atoms with Crippen molar-refractivity contribution >= 4 is 5.91 Å². The maximum absolute atomic E-state index is 12.8. The van der Waals surface area contributed by atoms with Crippen LogP contribution >= 0.6 is 0 Å². The molecule has 1 heterocycles. The first kappa shape index (κ1) is 18.8. The standard InChI is InChI=1S/C20H32N2O2/c1-14(2)18-9-8-15(3)19(11-18)24-16(4)20(23)22-10-6-7-17(13-22)12-21-5/h8-9,11,14,16-17,21H,6-7,10,12-13H2,1-5H3. The van der Waals surface area contributed by atoms with Crippen molar-refractivity contribution in [1.82, 2.24) is 10.2 Å². The molecule has 134 valence electrons. The van der Waals surface area contributed by atoms with Crippen LogP contribution in [-0.2, 0) is 4.79 Å². The fourth-order valence-corrected chi connectivity index (χ4v) is 3.32. The number of ether oxygens (including phenoxy) is 1. The van der Waals surface area contributed by atoms with Gasteiger partial charge in [0.2, 0.25) is 0 Å². The smallest absolute Gasteiger partial charge is 0.263 e. The monoisotopic (exact) mass is 332 g/mol. The number of carbonyl (C=O) groups is 1. The van der Waals surface area contributed by atoms with Crippen molar-refractivity contribution in [2.24, 2.45) is 5.92 Å². The first-order valence-electron chi connectivity index (χ1n) is 9.13. The average Bonchev–Trinajstić information content (AvgIpc) is 2.56. The zero-order chi connectivity index (χ0) is 17.7. The molecule has 0 radical (unpaired) electrons. The Morgan fingerprint density at radius 1 is 1.38 bits per heavy atom. The molecule has 1 aromatic carbocycles. The van der Waals surface area contributed by atoms with Gasteiger partial charge in [0.1, 0.15) is 5.75 Å². The van der Waals surface area contributed by atoms with Gasteiger partial charge in [-0.05, 0) is 69.3 Å². The number of nitrogens with one attached hydrogen (secondary N) is 1. The van der Waals surface area contributed by atoms with Crippen LogP contribution in [-0.4, -0.2) is 43.6 Å². The third-order valence-electron chi connectivity index (χ3n) is 4.85. The molecule has 1 amide bonds. The van der Waals surface area contributed by atoms with Crippen LogP contribution in [0.5, 0.6) is 5.75 Å². The Labute approximate surface area is 146 Å². The Kier molecular flexibility index (Phi) is 6.67. The van der Waals surface area contributed by atoms with E-state index in [2.05, 4.69) is 37.4 Å². The van der Waals surface area contributed by atoms with Gasteiger partial charge < -0.3 is 15.0 Å². The second-order valence-electron chi connectivity index (χ2n) is 7.29. The summed E-state index contributed by atoms with van der Waals surface area (Å²) < 4.78 is 6.04. The molecule has 2 atom stereocenters. The van der Waals surface area contributed by atoms with Crippen LogP contribution in [0.4, 0.5) is 0 Å². The summed E-state index contributed by atoms with van der Waals surface area (Å²) in [6.45, 7) is 10.9. The maximum atomic E-state index is 12.8. The van der Waals surface area contributed by atoms with Gasteiger partial charge in [-0.25, -0.2) is 0 Å². The zero-order valence-electron chi connectivity index (χ0n) is 15.8. The molecule has 0 saturated carbocycles. The summed E-state index contributed by atoms with van der Waals surface area (Å²) in [7, 11) is 1.97. The number of benzene rings is 1. The summed E-state index contributed by atoms with van der Waals surface area (Å²) in [5.74, 6) is 1.92. The maximum Gasteiger partial charge on any atom is 0.263 e. The van der Waals surface area contributed by atoms with Crippen LogP contribution in [0.3, 0.4) is 0 Å². The van der Waals surface area contributed by atoms with E-state index in [-0.39, 0.29) is 5.91 Å². The molecule has 0 bridgehead atoms. The highest BCUT2D eigenvalue weighted by molar-refractivity contribution is 5.81. The quantitative estimate of drug-likeness (QED) is 0.869. The van der Waals surface area contributed by atoms with E-state index in [1.807, 2.05) is 25.8 Å². The van der Waals surface area contributed by atoms with Gasteiger partial charge in [-0.15, -0.1) is 0 Å². The van der Waals surface area contributed by atoms with E-state index < -0.39 is 6.10 Å². The minimum atomic E-state index is -0.445. The number of carbonyl (C=O) groups excluding carboxylic acids is 1. The van der Waals surface area contributed by atoms with Crippen LogP contribution < -0.4 is 10.1 Å². The number of aryl methyl sites for hydroxylation is 1. The Hall–Kier alpha value is -1.55. The van der Waals surface area contributed by atoms with Gasteiger partial charge >= 0.3 is 0 Å². The summed E-state index contributed by atoms with van der Waals surface area (Å²) in [6.07, 6.45) is 1.82. The van der Waals surface area contributed by atoms with Gasteiger partial charge in [-0.3, -0.25) is 4.79 Å². The highest BCUT2D eigenvalue weighted by Crippen LogP contribution is 2.26. The number of likely N-dealkylation sites (tertiary alicyclic amines) is 1. The van der Waals surface area contributed by atoms with Crippen molar-refractivity contribution in [1.29, 1.82) is 0 Å². The summed E-state index contributed by atoms with van der Waals surface area (Å²) in [6, 6.07) is 6.28. The summed E-state index contributed by atoms with van der Waals surface area (Å²) >= 11 is 0. The summed E-state index contributed by atoms with van der Waals surface area (Å²) in [5.41, 5.74) is 2.31. The first-order chi connectivity index (χ1) is 11.4. The molecule has 0 aliphatic carbocycles. The lowest BCUT2D eigenvalue weighted by atomic mass is 9.97. The van der Waals surface area contributed by atoms with Crippen LogP contribution in [0.1, 0.15) is 50.7 Å². The predicted molar refractivity (Wildman–Crippen MR) is 98.6 cm³/mol. The largest absolute Gasteiger partial charge is 0.481 e. The van der Waals surface area contributed by atoms with Gasteiger partial charge in [0.05, 0.1) is 0 Å². The topological polar surface area (TPSA) is 41.6 Å².